The van der Waals surface area contributed by atoms with E-state index in [1.54, 1.807) is 49.3 Å². The number of aromatic nitrogens is 8. The monoisotopic (exact) mass is 715 g/mol. The molecular formula is C35H26BrN9O4. The number of methoxy groups -OCH3 is 2. The van der Waals surface area contributed by atoms with Gasteiger partial charge in [0.1, 0.15) is 36.2 Å². The molecule has 6 aromatic heterocycles. The first-order chi connectivity index (χ1) is 24.0. The number of hydrogen-bond donors (Lipinski definition) is 0. The smallest absolute Gasteiger partial charge is 0.203 e. The molecule has 0 fully saturated rings. The molecule has 6 heterocycles. The Balaban J connectivity index is 0.000000154. The van der Waals surface area contributed by atoms with Crippen LogP contribution in [-0.2, 0) is 13.2 Å². The Hall–Kier alpha value is -6.33. The minimum Gasteiger partial charge on any atom is -0.497 e. The van der Waals surface area contributed by atoms with Crippen molar-refractivity contribution < 1.29 is 18.9 Å². The van der Waals surface area contributed by atoms with Crippen molar-refractivity contribution in [1.29, 1.82) is 0 Å². The predicted octanol–water partition coefficient (Wildman–Crippen LogP) is 7.04. The summed E-state index contributed by atoms with van der Waals surface area (Å²) in [7, 11) is 3.26. The van der Waals surface area contributed by atoms with E-state index in [2.05, 4.69) is 51.1 Å². The normalized spacial score (nSPS) is 10.9. The lowest BCUT2D eigenvalue weighted by Gasteiger charge is -2.09. The van der Waals surface area contributed by atoms with Crippen LogP contribution in [0.2, 0.25) is 0 Å². The highest BCUT2D eigenvalue weighted by atomic mass is 79.9. The maximum absolute atomic E-state index is 7.12. The van der Waals surface area contributed by atoms with E-state index in [4.69, 9.17) is 25.5 Å². The molecule has 0 spiro atoms. The molecule has 0 amide bonds. The van der Waals surface area contributed by atoms with Crippen LogP contribution in [0.25, 0.3) is 37.9 Å². The summed E-state index contributed by atoms with van der Waals surface area (Å²) >= 11 is 3.46. The second-order valence-corrected chi connectivity index (χ2v) is 11.4. The highest BCUT2D eigenvalue weighted by Gasteiger charge is 2.11. The predicted molar refractivity (Wildman–Crippen MR) is 185 cm³/mol. The molecule has 14 heteroatoms. The lowest BCUT2D eigenvalue weighted by Crippen LogP contribution is -2.02. The summed E-state index contributed by atoms with van der Waals surface area (Å²) in [5, 5.41) is 18.4. The zero-order valence-corrected chi connectivity index (χ0v) is 27.8. The van der Waals surface area contributed by atoms with Gasteiger partial charge in [-0.3, -0.25) is 18.8 Å². The number of hydrogen-bond acceptors (Lipinski definition) is 10. The number of benzene rings is 2. The van der Waals surface area contributed by atoms with E-state index in [1.807, 2.05) is 71.3 Å². The molecule has 13 nitrogen and oxygen atoms in total. The van der Waals surface area contributed by atoms with E-state index < -0.39 is 0 Å². The van der Waals surface area contributed by atoms with E-state index in [0.717, 1.165) is 55.0 Å². The third-order valence-electron chi connectivity index (χ3n) is 7.56. The molecule has 0 radical (unpaired) electrons. The number of halogens is 1. The fourth-order valence-corrected chi connectivity index (χ4v) is 5.43. The molecule has 0 N–H and O–H groups in total. The van der Waals surface area contributed by atoms with Crippen LogP contribution in [0.4, 0.5) is 5.69 Å². The van der Waals surface area contributed by atoms with E-state index >= 15 is 0 Å². The zero-order chi connectivity index (χ0) is 33.7. The van der Waals surface area contributed by atoms with Gasteiger partial charge in [0, 0.05) is 52.2 Å². The first-order valence-corrected chi connectivity index (χ1v) is 15.6. The van der Waals surface area contributed by atoms with Gasteiger partial charge in [-0.15, -0.1) is 20.4 Å². The maximum Gasteiger partial charge on any atom is 0.203 e. The Kier molecular flexibility index (Phi) is 8.81. The summed E-state index contributed by atoms with van der Waals surface area (Å²) in [6, 6.07) is 22.3. The largest absolute Gasteiger partial charge is 0.497 e. The summed E-state index contributed by atoms with van der Waals surface area (Å²) in [6.07, 6.45) is 7.03. The summed E-state index contributed by atoms with van der Waals surface area (Å²) in [6.45, 7) is 7.66. The van der Waals surface area contributed by atoms with E-state index in [9.17, 15) is 0 Å². The molecule has 8 rings (SSSR count). The standard InChI is InChI=1S/C18H13N5O2.C17H13BrN4O2/c1-19-12-3-6-17-21-22-18(23(17)10-12)11-25-16-7-8-20-15-9-13(24-2)4-5-14(15)16;1-23-12-3-4-13-14(8-12)19-7-6-15(13)24-10-17-21-20-16-5-2-11(18)9-22(16)17/h3-10H,11H2,2H3;2-9H,10H2,1H3. The molecule has 49 heavy (non-hydrogen) atoms. The van der Waals surface area contributed by atoms with E-state index in [-0.39, 0.29) is 6.61 Å². The summed E-state index contributed by atoms with van der Waals surface area (Å²) in [4.78, 5) is 12.1. The third-order valence-corrected chi connectivity index (χ3v) is 8.03. The fraction of sp³-hybridized carbons (Fsp3) is 0.114. The van der Waals surface area contributed by atoms with E-state index in [0.29, 0.717) is 29.5 Å². The second-order valence-electron chi connectivity index (χ2n) is 10.5. The molecule has 242 valence electrons. The first kappa shape index (κ1) is 31.3. The minimum atomic E-state index is 0.230. The zero-order valence-electron chi connectivity index (χ0n) is 26.2. The molecule has 0 bridgehead atoms. The lowest BCUT2D eigenvalue weighted by molar-refractivity contribution is 0.298. The van der Waals surface area contributed by atoms with Gasteiger partial charge in [0.2, 0.25) is 5.69 Å². The van der Waals surface area contributed by atoms with Crippen LogP contribution in [0, 0.1) is 6.57 Å². The van der Waals surface area contributed by atoms with Crippen molar-refractivity contribution in [1.82, 2.24) is 39.2 Å². The van der Waals surface area contributed by atoms with Gasteiger partial charge >= 0.3 is 0 Å². The van der Waals surface area contributed by atoms with Crippen LogP contribution in [0.5, 0.6) is 23.0 Å². The summed E-state index contributed by atoms with van der Waals surface area (Å²) in [5.74, 6) is 4.30. The number of pyridine rings is 4. The number of ether oxygens (including phenoxy) is 4. The van der Waals surface area contributed by atoms with Crippen LogP contribution >= 0.6 is 15.9 Å². The molecule has 0 atom stereocenters. The van der Waals surface area contributed by atoms with Gasteiger partial charge in [-0.25, -0.2) is 4.85 Å². The van der Waals surface area contributed by atoms with Crippen LogP contribution < -0.4 is 18.9 Å². The van der Waals surface area contributed by atoms with Gasteiger partial charge in [0.05, 0.1) is 31.8 Å². The van der Waals surface area contributed by atoms with Crippen LogP contribution in [0.3, 0.4) is 0 Å². The average molecular weight is 717 g/mol. The lowest BCUT2D eigenvalue weighted by atomic mass is 10.2. The molecule has 0 saturated heterocycles. The Bertz CT molecular complexity index is 2490. The van der Waals surface area contributed by atoms with Crippen molar-refractivity contribution in [2.75, 3.05) is 14.2 Å². The topological polar surface area (TPSA) is 127 Å². The van der Waals surface area contributed by atoms with Gasteiger partial charge in [0.15, 0.2) is 22.9 Å². The molecule has 0 aliphatic heterocycles. The Morgan fingerprint density at radius 1 is 0.653 bits per heavy atom. The van der Waals surface area contributed by atoms with Gasteiger partial charge in [0.25, 0.3) is 0 Å². The van der Waals surface area contributed by atoms with Crippen molar-refractivity contribution in [2.24, 2.45) is 0 Å². The minimum absolute atomic E-state index is 0.230. The Morgan fingerprint density at radius 2 is 1.18 bits per heavy atom. The van der Waals surface area contributed by atoms with Crippen LogP contribution in [-0.4, -0.2) is 53.4 Å². The number of fused-ring (bicyclic) bond motifs is 4. The molecular weight excluding hydrogens is 690 g/mol. The van der Waals surface area contributed by atoms with Gasteiger partial charge < -0.3 is 18.9 Å². The van der Waals surface area contributed by atoms with Gasteiger partial charge in [-0.05, 0) is 70.5 Å². The van der Waals surface area contributed by atoms with Crippen molar-refractivity contribution in [2.45, 2.75) is 13.2 Å². The fourth-order valence-electron chi connectivity index (χ4n) is 5.10. The summed E-state index contributed by atoms with van der Waals surface area (Å²) < 4.78 is 27.0. The van der Waals surface area contributed by atoms with Crippen LogP contribution in [0.1, 0.15) is 11.6 Å². The molecule has 8 aromatic rings. The molecule has 0 saturated carbocycles. The quantitative estimate of drug-likeness (QED) is 0.151. The van der Waals surface area contributed by atoms with Gasteiger partial charge in [-0.1, -0.05) is 6.07 Å². The van der Waals surface area contributed by atoms with Crippen molar-refractivity contribution >= 4 is 54.7 Å². The van der Waals surface area contributed by atoms with Crippen molar-refractivity contribution in [3.63, 3.8) is 0 Å². The molecule has 0 aliphatic carbocycles. The highest BCUT2D eigenvalue weighted by molar-refractivity contribution is 9.10. The maximum atomic E-state index is 7.12. The van der Waals surface area contributed by atoms with Crippen molar-refractivity contribution in [3.8, 4) is 23.0 Å². The van der Waals surface area contributed by atoms with Gasteiger partial charge in [-0.2, -0.15) is 0 Å². The Morgan fingerprint density at radius 3 is 1.71 bits per heavy atom. The molecule has 0 aliphatic rings. The highest BCUT2D eigenvalue weighted by Crippen LogP contribution is 2.29. The number of rotatable bonds is 8. The first-order valence-electron chi connectivity index (χ1n) is 14.8. The summed E-state index contributed by atoms with van der Waals surface area (Å²) in [5.41, 5.74) is 3.59. The third kappa shape index (κ3) is 6.60. The van der Waals surface area contributed by atoms with Crippen LogP contribution in [0.15, 0.2) is 102 Å². The molecule has 2 aromatic carbocycles. The second kappa shape index (κ2) is 13.8. The molecule has 0 unspecified atom stereocenters. The number of nitrogens with zero attached hydrogens (tertiary/aromatic N) is 9. The SMILES string of the molecule is COc1ccc2c(OCc3nnc4ccc(Br)cn34)ccnc2c1.[C-]#[N+]c1ccc2nnc(COc3ccnc4cc(OC)ccc34)n2c1. The van der Waals surface area contributed by atoms with E-state index in [1.165, 1.54) is 0 Å². The van der Waals surface area contributed by atoms with Crippen molar-refractivity contribution in [3.05, 3.63) is 125 Å². The average Bonchev–Trinajstić information content (AvgIpc) is 3.75. The Labute approximate surface area is 287 Å².